The number of likely N-dealkylation sites (tertiary alicyclic amines) is 1. The Labute approximate surface area is 289 Å². The lowest BCUT2D eigenvalue weighted by Crippen LogP contribution is -2.44. The Balaban J connectivity index is 1.47. The van der Waals surface area contributed by atoms with Crippen LogP contribution in [0.4, 0.5) is 13.2 Å². The lowest BCUT2D eigenvalue weighted by molar-refractivity contribution is -0.136. The molecule has 2 aliphatic rings. The summed E-state index contributed by atoms with van der Waals surface area (Å²) in [6.45, 7) is 7.45. The average molecular weight is 707 g/mol. The van der Waals surface area contributed by atoms with Crippen molar-refractivity contribution >= 4 is 20.9 Å². The van der Waals surface area contributed by atoms with Crippen LogP contribution in [-0.4, -0.2) is 49.7 Å². The van der Waals surface area contributed by atoms with Crippen molar-refractivity contribution in [3.63, 3.8) is 0 Å². The van der Waals surface area contributed by atoms with Gasteiger partial charge >= 0.3 is 6.18 Å². The monoisotopic (exact) mass is 706 g/mol. The maximum absolute atomic E-state index is 15.0. The van der Waals surface area contributed by atoms with Crippen LogP contribution in [0.15, 0.2) is 76.8 Å². The Morgan fingerprint density at radius 2 is 1.80 bits per heavy atom. The van der Waals surface area contributed by atoms with Gasteiger partial charge in [-0.05, 0) is 86.9 Å². The fourth-order valence-corrected chi connectivity index (χ4v) is 9.56. The average Bonchev–Trinajstić information content (AvgIpc) is 3.65. The Morgan fingerprint density at radius 3 is 2.44 bits per heavy atom. The molecule has 7 rings (SSSR count). The summed E-state index contributed by atoms with van der Waals surface area (Å²) in [5, 5.41) is 8.07. The summed E-state index contributed by atoms with van der Waals surface area (Å²) in [7, 11) is -2.64. The van der Waals surface area contributed by atoms with E-state index in [9.17, 15) is 13.2 Å². The van der Waals surface area contributed by atoms with Gasteiger partial charge in [0.25, 0.3) is 15.6 Å². The van der Waals surface area contributed by atoms with Crippen molar-refractivity contribution in [2.75, 3.05) is 13.1 Å². The van der Waals surface area contributed by atoms with Crippen LogP contribution < -0.4 is 5.56 Å². The highest BCUT2D eigenvalue weighted by Gasteiger charge is 2.49. The normalized spacial score (nSPS) is 21.8. The lowest BCUT2D eigenvalue weighted by atomic mass is 9.57. The van der Waals surface area contributed by atoms with Crippen LogP contribution in [0.25, 0.3) is 16.6 Å². The molecule has 0 unspecified atom stereocenters. The maximum Gasteiger partial charge on any atom is 0.418 e. The third-order valence-corrected chi connectivity index (χ3v) is 12.4. The first kappa shape index (κ1) is 34.2. The minimum Gasteiger partial charge on any atom is -0.320 e. The van der Waals surface area contributed by atoms with Gasteiger partial charge in [0.1, 0.15) is 17.7 Å². The van der Waals surface area contributed by atoms with Gasteiger partial charge in [0.2, 0.25) is 0 Å². The van der Waals surface area contributed by atoms with Crippen LogP contribution in [0.3, 0.4) is 0 Å². The number of piperidine rings is 1. The number of hydrogen-bond acceptors (Lipinski definition) is 6. The first-order valence-electron chi connectivity index (χ1n) is 17.1. The number of pyridine rings is 1. The number of halogens is 3. The predicted molar refractivity (Wildman–Crippen MR) is 185 cm³/mol. The highest BCUT2D eigenvalue weighted by atomic mass is 32.2. The van der Waals surface area contributed by atoms with E-state index < -0.39 is 43.6 Å². The number of fused-ring (bicyclic) bond motifs is 1. The van der Waals surface area contributed by atoms with E-state index in [4.69, 9.17) is 0 Å². The topological polar surface area (TPSA) is 95.0 Å². The number of benzene rings is 2. The molecule has 1 atom stereocenters. The molecule has 0 N–H and O–H groups in total. The van der Waals surface area contributed by atoms with Crippen molar-refractivity contribution in [3.05, 3.63) is 106 Å². The van der Waals surface area contributed by atoms with E-state index in [0.717, 1.165) is 63.8 Å². The van der Waals surface area contributed by atoms with Gasteiger partial charge in [-0.25, -0.2) is 12.4 Å². The van der Waals surface area contributed by atoms with Gasteiger partial charge in [0.05, 0.1) is 15.9 Å². The second-order valence-electron chi connectivity index (χ2n) is 14.3. The summed E-state index contributed by atoms with van der Waals surface area (Å²) in [4.78, 5) is 16.6. The summed E-state index contributed by atoms with van der Waals surface area (Å²) in [6.07, 6.45) is 1.97. The van der Waals surface area contributed by atoms with Crippen LogP contribution in [-0.2, 0) is 35.2 Å². The fourth-order valence-electron chi connectivity index (χ4n) is 8.03. The molecule has 0 spiro atoms. The summed E-state index contributed by atoms with van der Waals surface area (Å²) in [6, 6.07) is 14.3. The van der Waals surface area contributed by atoms with Crippen molar-refractivity contribution in [1.82, 2.24) is 28.2 Å². The van der Waals surface area contributed by atoms with E-state index in [1.54, 1.807) is 36.7 Å². The Morgan fingerprint density at radius 1 is 1.06 bits per heavy atom. The molecule has 13 heteroatoms. The molecule has 0 bridgehead atoms. The highest BCUT2D eigenvalue weighted by molar-refractivity contribution is 7.90. The molecule has 0 amide bonds. The smallest absolute Gasteiger partial charge is 0.320 e. The zero-order valence-corrected chi connectivity index (χ0v) is 29.4. The third kappa shape index (κ3) is 5.77. The first-order chi connectivity index (χ1) is 23.7. The SMILES string of the molecule is CCC1CC(c2cccc(-n3cc(C(F)(F)F)c4cc(CN5CCC[C@H](C)C5)n(S(=O)(=O)c5ccc(C)cc5)c4c3=O)c2)(c2nncn2C)C1. The van der Waals surface area contributed by atoms with Crippen molar-refractivity contribution in [1.29, 1.82) is 0 Å². The molecule has 1 aliphatic carbocycles. The van der Waals surface area contributed by atoms with Crippen molar-refractivity contribution < 1.29 is 21.6 Å². The number of aromatic nitrogens is 5. The van der Waals surface area contributed by atoms with Gasteiger partial charge in [-0.2, -0.15) is 13.2 Å². The van der Waals surface area contributed by atoms with E-state index >= 15 is 13.2 Å². The summed E-state index contributed by atoms with van der Waals surface area (Å²) in [5.41, 5.74) is -1.05. The quantitative estimate of drug-likeness (QED) is 0.176. The summed E-state index contributed by atoms with van der Waals surface area (Å²) < 4.78 is 77.6. The molecule has 5 aromatic rings. The van der Waals surface area contributed by atoms with Gasteiger partial charge in [0, 0.05) is 43.1 Å². The molecule has 50 heavy (non-hydrogen) atoms. The molecule has 2 fully saturated rings. The van der Waals surface area contributed by atoms with E-state index in [-0.39, 0.29) is 22.8 Å². The fraction of sp³-hybridized carbons (Fsp3) is 0.432. The maximum atomic E-state index is 15.0. The van der Waals surface area contributed by atoms with E-state index in [1.165, 1.54) is 18.2 Å². The molecule has 4 heterocycles. The highest BCUT2D eigenvalue weighted by Crippen LogP contribution is 2.53. The minimum absolute atomic E-state index is 0.0785. The second-order valence-corrected chi connectivity index (χ2v) is 16.0. The van der Waals surface area contributed by atoms with E-state index in [0.29, 0.717) is 24.9 Å². The van der Waals surface area contributed by atoms with Gasteiger partial charge in [-0.3, -0.25) is 14.3 Å². The largest absolute Gasteiger partial charge is 0.418 e. The van der Waals surface area contributed by atoms with Crippen LogP contribution in [0.5, 0.6) is 0 Å². The van der Waals surface area contributed by atoms with Gasteiger partial charge in [-0.1, -0.05) is 50.1 Å². The Bertz CT molecular complexity index is 2230. The molecule has 264 valence electrons. The van der Waals surface area contributed by atoms with E-state index in [2.05, 4.69) is 24.0 Å². The second kappa shape index (κ2) is 12.5. The minimum atomic E-state index is -4.88. The zero-order valence-electron chi connectivity index (χ0n) is 28.6. The zero-order chi connectivity index (χ0) is 35.6. The van der Waals surface area contributed by atoms with Gasteiger partial charge < -0.3 is 4.57 Å². The molecule has 2 aromatic carbocycles. The Hall–Kier alpha value is -4.23. The molecule has 1 saturated heterocycles. The standard InChI is InChI=1S/C37H41F3N6O3S/c1-5-26-18-36(19-26,35-42-41-23-43(35)4)27-9-6-10-28(16-27)45-22-32(37(38,39)40)31-17-29(21-44-15-7-8-25(3)20-44)46(33(31)34(45)47)50(48,49)30-13-11-24(2)12-14-30/h6,9-14,16-17,22-23,25-26H,5,7-8,15,18-21H2,1-4H3/t25-,26?,36?/m0/s1. The van der Waals surface area contributed by atoms with Crippen molar-refractivity contribution in [2.45, 2.75) is 75.9 Å². The molecule has 1 saturated carbocycles. The van der Waals surface area contributed by atoms with Gasteiger partial charge in [0.15, 0.2) is 0 Å². The van der Waals surface area contributed by atoms with E-state index in [1.807, 2.05) is 29.5 Å². The third-order valence-electron chi connectivity index (χ3n) is 10.7. The van der Waals surface area contributed by atoms with Crippen LogP contribution in [0, 0.1) is 18.8 Å². The lowest BCUT2D eigenvalue weighted by Gasteiger charge is -2.47. The molecular weight excluding hydrogens is 666 g/mol. The van der Waals surface area contributed by atoms with Crippen LogP contribution in [0.2, 0.25) is 0 Å². The summed E-state index contributed by atoms with van der Waals surface area (Å²) >= 11 is 0. The summed E-state index contributed by atoms with van der Waals surface area (Å²) in [5.74, 6) is 1.52. The number of rotatable bonds is 8. The first-order valence-corrected chi connectivity index (χ1v) is 18.5. The number of hydrogen-bond donors (Lipinski definition) is 0. The Kier molecular flexibility index (Phi) is 8.57. The molecular formula is C37H41F3N6O3S. The van der Waals surface area contributed by atoms with Gasteiger partial charge in [-0.15, -0.1) is 10.2 Å². The molecule has 0 radical (unpaired) electrons. The number of aryl methyl sites for hydroxylation is 2. The number of alkyl halides is 3. The molecule has 9 nitrogen and oxygen atoms in total. The predicted octanol–water partition coefficient (Wildman–Crippen LogP) is 6.82. The van der Waals surface area contributed by atoms with Crippen LogP contribution >= 0.6 is 0 Å². The number of nitrogens with zero attached hydrogens (tertiary/aromatic N) is 6. The molecule has 1 aliphatic heterocycles. The van der Waals surface area contributed by atoms with Crippen molar-refractivity contribution in [3.8, 4) is 5.69 Å². The van der Waals surface area contributed by atoms with Crippen LogP contribution in [0.1, 0.15) is 74.2 Å². The van der Waals surface area contributed by atoms with Crippen molar-refractivity contribution in [2.24, 2.45) is 18.9 Å². The molecule has 3 aromatic heterocycles.